The summed E-state index contributed by atoms with van der Waals surface area (Å²) in [5, 5.41) is 17.0. The zero-order valence-corrected chi connectivity index (χ0v) is 9.55. The van der Waals surface area contributed by atoms with Crippen molar-refractivity contribution >= 4 is 17.6 Å². The molecule has 0 aromatic carbocycles. The molecule has 1 aliphatic rings. The third-order valence-electron chi connectivity index (χ3n) is 2.60. The van der Waals surface area contributed by atoms with Crippen LogP contribution in [0.1, 0.15) is 5.37 Å². The second-order valence-corrected chi connectivity index (χ2v) is 5.09. The van der Waals surface area contributed by atoms with Gasteiger partial charge in [0.2, 0.25) is 0 Å². The SMILES string of the molecule is Nc1ccn(C2S[C@H](CO)[C@@H](O)C2F)c(=O)n1. The number of halogens is 1. The molecule has 0 amide bonds. The minimum Gasteiger partial charge on any atom is -0.395 e. The number of aromatic nitrogens is 2. The fourth-order valence-electron chi connectivity index (χ4n) is 1.70. The number of nitrogens with two attached hydrogens (primary N) is 1. The van der Waals surface area contributed by atoms with Gasteiger partial charge in [-0.25, -0.2) is 9.18 Å². The van der Waals surface area contributed by atoms with Crippen molar-refractivity contribution < 1.29 is 14.6 Å². The fourth-order valence-corrected chi connectivity index (χ4v) is 3.06. The Hall–Kier alpha value is -1.12. The van der Waals surface area contributed by atoms with Crippen LogP contribution >= 0.6 is 11.8 Å². The van der Waals surface area contributed by atoms with Crippen LogP contribution < -0.4 is 11.4 Å². The van der Waals surface area contributed by atoms with Crippen molar-refractivity contribution in [3.63, 3.8) is 0 Å². The number of hydrogen-bond donors (Lipinski definition) is 3. The molecule has 0 spiro atoms. The Balaban J connectivity index is 2.32. The topological polar surface area (TPSA) is 101 Å². The van der Waals surface area contributed by atoms with Gasteiger partial charge in [0.05, 0.1) is 11.9 Å². The van der Waals surface area contributed by atoms with E-state index in [9.17, 15) is 14.3 Å². The summed E-state index contributed by atoms with van der Waals surface area (Å²) in [4.78, 5) is 15.0. The van der Waals surface area contributed by atoms with Crippen LogP contribution in [0.2, 0.25) is 0 Å². The zero-order chi connectivity index (χ0) is 12.6. The molecule has 2 rings (SSSR count). The lowest BCUT2D eigenvalue weighted by Gasteiger charge is -2.15. The number of aliphatic hydroxyl groups excluding tert-OH is 2. The van der Waals surface area contributed by atoms with Crippen LogP contribution in [0.15, 0.2) is 17.1 Å². The van der Waals surface area contributed by atoms with Crippen LogP contribution in [0, 0.1) is 0 Å². The fraction of sp³-hybridized carbons (Fsp3) is 0.556. The monoisotopic (exact) mass is 261 g/mol. The van der Waals surface area contributed by atoms with Gasteiger partial charge in [-0.05, 0) is 6.07 Å². The van der Waals surface area contributed by atoms with Gasteiger partial charge in [0.25, 0.3) is 0 Å². The molecule has 0 bridgehead atoms. The Labute approximate surface area is 100 Å². The quantitative estimate of drug-likeness (QED) is 0.640. The van der Waals surface area contributed by atoms with E-state index in [2.05, 4.69) is 4.98 Å². The van der Waals surface area contributed by atoms with E-state index < -0.39 is 28.6 Å². The number of rotatable bonds is 2. The standard InChI is InChI=1S/C9H12FN3O3S/c10-6-7(15)4(3-14)17-8(6)13-2-1-5(11)12-9(13)16/h1-2,4,6-8,14-15H,3H2,(H2,11,12,16)/t4-,6?,7-,8?/m1/s1. The number of anilines is 1. The average Bonchev–Trinajstić information content (AvgIpc) is 2.57. The van der Waals surface area contributed by atoms with Gasteiger partial charge < -0.3 is 15.9 Å². The molecule has 1 aromatic heterocycles. The molecule has 1 saturated heterocycles. The number of aliphatic hydroxyl groups is 2. The molecular weight excluding hydrogens is 249 g/mol. The van der Waals surface area contributed by atoms with E-state index in [0.29, 0.717) is 0 Å². The molecule has 4 N–H and O–H groups in total. The van der Waals surface area contributed by atoms with Gasteiger partial charge in [-0.3, -0.25) is 4.57 Å². The Morgan fingerprint density at radius 1 is 1.65 bits per heavy atom. The first-order valence-corrected chi connectivity index (χ1v) is 5.92. The van der Waals surface area contributed by atoms with Gasteiger partial charge in [0.1, 0.15) is 17.3 Å². The van der Waals surface area contributed by atoms with E-state index in [-0.39, 0.29) is 12.4 Å². The van der Waals surface area contributed by atoms with Crippen LogP contribution in [0.25, 0.3) is 0 Å². The van der Waals surface area contributed by atoms with Gasteiger partial charge >= 0.3 is 5.69 Å². The van der Waals surface area contributed by atoms with Crippen molar-refractivity contribution in [2.45, 2.75) is 22.9 Å². The number of thioether (sulfide) groups is 1. The number of alkyl halides is 1. The lowest BCUT2D eigenvalue weighted by atomic mass is 10.1. The summed E-state index contributed by atoms with van der Waals surface area (Å²) in [5.74, 6) is 0.0592. The summed E-state index contributed by atoms with van der Waals surface area (Å²) < 4.78 is 14.9. The molecule has 2 unspecified atom stereocenters. The summed E-state index contributed by atoms with van der Waals surface area (Å²) in [5.41, 5.74) is 4.66. The van der Waals surface area contributed by atoms with Crippen molar-refractivity contribution in [2.24, 2.45) is 0 Å². The Morgan fingerprint density at radius 2 is 2.35 bits per heavy atom. The minimum atomic E-state index is -1.62. The lowest BCUT2D eigenvalue weighted by Crippen LogP contribution is -2.33. The minimum absolute atomic E-state index is 0.0592. The second-order valence-electron chi connectivity index (χ2n) is 3.72. The molecule has 94 valence electrons. The van der Waals surface area contributed by atoms with Crippen LogP contribution in [0.5, 0.6) is 0 Å². The highest BCUT2D eigenvalue weighted by Gasteiger charge is 2.44. The molecule has 2 heterocycles. The van der Waals surface area contributed by atoms with Crippen LogP contribution in [0.4, 0.5) is 10.2 Å². The average molecular weight is 261 g/mol. The Bertz CT molecular complexity index is 469. The smallest absolute Gasteiger partial charge is 0.350 e. The predicted molar refractivity (Wildman–Crippen MR) is 61.3 cm³/mol. The van der Waals surface area contributed by atoms with Crippen molar-refractivity contribution in [1.82, 2.24) is 9.55 Å². The van der Waals surface area contributed by atoms with Gasteiger partial charge in [0, 0.05) is 6.20 Å². The molecule has 1 aromatic rings. The molecule has 1 aliphatic heterocycles. The van der Waals surface area contributed by atoms with Crippen molar-refractivity contribution in [2.75, 3.05) is 12.3 Å². The van der Waals surface area contributed by atoms with Crippen molar-refractivity contribution in [1.29, 1.82) is 0 Å². The molecule has 1 fully saturated rings. The molecule has 8 heteroatoms. The first-order chi connectivity index (χ1) is 8.04. The van der Waals surface area contributed by atoms with Crippen LogP contribution in [0.3, 0.4) is 0 Å². The van der Waals surface area contributed by atoms with Crippen molar-refractivity contribution in [3.8, 4) is 0 Å². The van der Waals surface area contributed by atoms with E-state index in [1.54, 1.807) is 0 Å². The van der Waals surface area contributed by atoms with Crippen LogP contribution in [-0.4, -0.2) is 43.9 Å². The summed E-state index contributed by atoms with van der Waals surface area (Å²) >= 11 is 1.01. The Morgan fingerprint density at radius 3 is 2.88 bits per heavy atom. The van der Waals surface area contributed by atoms with Gasteiger partial charge in [-0.15, -0.1) is 11.8 Å². The predicted octanol–water partition coefficient (Wildman–Crippen LogP) is -0.869. The highest BCUT2D eigenvalue weighted by atomic mass is 32.2. The maximum atomic E-state index is 13.8. The van der Waals surface area contributed by atoms with E-state index in [1.807, 2.05) is 0 Å². The van der Waals surface area contributed by atoms with Gasteiger partial charge in [-0.1, -0.05) is 0 Å². The Kier molecular flexibility index (Phi) is 3.36. The first-order valence-electron chi connectivity index (χ1n) is 4.97. The van der Waals surface area contributed by atoms with Gasteiger partial charge in [0.15, 0.2) is 6.17 Å². The summed E-state index contributed by atoms with van der Waals surface area (Å²) in [7, 11) is 0. The normalized spacial score (nSPS) is 32.9. The maximum absolute atomic E-state index is 13.8. The number of nitrogen functional groups attached to an aromatic ring is 1. The summed E-state index contributed by atoms with van der Waals surface area (Å²) in [6.45, 7) is -0.347. The third-order valence-corrected chi connectivity index (χ3v) is 4.14. The molecule has 0 aliphatic carbocycles. The van der Waals surface area contributed by atoms with Crippen LogP contribution in [-0.2, 0) is 0 Å². The molecule has 4 atom stereocenters. The molecular formula is C9H12FN3O3S. The maximum Gasteiger partial charge on any atom is 0.350 e. The number of hydrogen-bond acceptors (Lipinski definition) is 6. The van der Waals surface area contributed by atoms with Gasteiger partial charge in [-0.2, -0.15) is 4.98 Å². The summed E-state index contributed by atoms with van der Waals surface area (Å²) in [6.07, 6.45) is -1.58. The molecule has 6 nitrogen and oxygen atoms in total. The molecule has 17 heavy (non-hydrogen) atoms. The third kappa shape index (κ3) is 2.15. The number of nitrogens with zero attached hydrogens (tertiary/aromatic N) is 2. The van der Waals surface area contributed by atoms with E-state index in [0.717, 1.165) is 16.3 Å². The molecule has 0 radical (unpaired) electrons. The van der Waals surface area contributed by atoms with Crippen molar-refractivity contribution in [3.05, 3.63) is 22.7 Å². The van der Waals surface area contributed by atoms with E-state index in [1.165, 1.54) is 12.3 Å². The second kappa shape index (κ2) is 4.63. The molecule has 0 saturated carbocycles. The first kappa shape index (κ1) is 12.3. The summed E-state index contributed by atoms with van der Waals surface area (Å²) in [6, 6.07) is 1.38. The largest absolute Gasteiger partial charge is 0.395 e. The zero-order valence-electron chi connectivity index (χ0n) is 8.73. The highest BCUT2D eigenvalue weighted by molar-refractivity contribution is 8.00. The highest BCUT2D eigenvalue weighted by Crippen LogP contribution is 2.42. The lowest BCUT2D eigenvalue weighted by molar-refractivity contribution is 0.0631. The van der Waals surface area contributed by atoms with E-state index >= 15 is 0 Å². The van der Waals surface area contributed by atoms with E-state index in [4.69, 9.17) is 10.8 Å².